The van der Waals surface area contributed by atoms with E-state index in [1.54, 1.807) is 0 Å². The minimum atomic E-state index is -1.87. The highest BCUT2D eigenvalue weighted by Gasteiger charge is 2.46. The van der Waals surface area contributed by atoms with Crippen LogP contribution in [0.1, 0.15) is 42.2 Å². The summed E-state index contributed by atoms with van der Waals surface area (Å²) in [5.41, 5.74) is 1.96. The van der Waals surface area contributed by atoms with Gasteiger partial charge in [0.2, 0.25) is 0 Å². The fraction of sp³-hybridized carbons (Fsp3) is 0.350. The van der Waals surface area contributed by atoms with Gasteiger partial charge in [-0.25, -0.2) is 0 Å². The fourth-order valence-electron chi connectivity index (χ4n) is 2.74. The van der Waals surface area contributed by atoms with Crippen molar-refractivity contribution in [2.75, 3.05) is 0 Å². The van der Waals surface area contributed by atoms with Crippen molar-refractivity contribution in [1.82, 2.24) is 0 Å². The van der Waals surface area contributed by atoms with Gasteiger partial charge < -0.3 is 0 Å². The molecule has 2 heteroatoms. The van der Waals surface area contributed by atoms with Crippen LogP contribution >= 0.6 is 0 Å². The van der Waals surface area contributed by atoms with E-state index in [1.165, 1.54) is 0 Å². The molecule has 2 rings (SSSR count). The first kappa shape index (κ1) is 16.7. The lowest BCUT2D eigenvalue weighted by Gasteiger charge is -2.42. The third kappa shape index (κ3) is 3.22. The minimum absolute atomic E-state index is 0.0175. The normalized spacial score (nSPS) is 13.7. The Morgan fingerprint density at radius 3 is 1.77 bits per heavy atom. The van der Waals surface area contributed by atoms with E-state index in [4.69, 9.17) is 0 Å². The molecule has 0 radical (unpaired) electrons. The first-order valence-corrected chi connectivity index (χ1v) is 11.0. The van der Waals surface area contributed by atoms with Gasteiger partial charge in [-0.1, -0.05) is 94.5 Å². The molecule has 0 aliphatic carbocycles. The number of hydrogen-bond acceptors (Lipinski definition) is 1. The highest BCUT2D eigenvalue weighted by molar-refractivity contribution is 6.84. The molecule has 0 bridgehead atoms. The molecule has 0 heterocycles. The van der Waals surface area contributed by atoms with E-state index in [0.717, 1.165) is 11.1 Å². The Balaban J connectivity index is 2.55. The van der Waals surface area contributed by atoms with Crippen molar-refractivity contribution in [1.29, 1.82) is 0 Å². The van der Waals surface area contributed by atoms with E-state index in [2.05, 4.69) is 46.0 Å². The third-order valence-corrected chi connectivity index (χ3v) is 11.0. The maximum absolute atomic E-state index is 13.3. The van der Waals surface area contributed by atoms with Gasteiger partial charge in [0.05, 0.1) is 8.07 Å². The van der Waals surface area contributed by atoms with E-state index in [0.29, 0.717) is 0 Å². The summed E-state index contributed by atoms with van der Waals surface area (Å²) >= 11 is 0. The van der Waals surface area contributed by atoms with Crippen molar-refractivity contribution >= 4 is 13.9 Å². The first-order valence-electron chi connectivity index (χ1n) is 7.89. The Morgan fingerprint density at radius 1 is 0.864 bits per heavy atom. The minimum Gasteiger partial charge on any atom is -0.294 e. The lowest BCUT2D eigenvalue weighted by atomic mass is 10.0. The largest absolute Gasteiger partial charge is 0.294 e. The predicted octanol–water partition coefficient (Wildman–Crippen LogP) is 5.70. The molecule has 0 N–H and O–H groups in total. The highest BCUT2D eigenvalue weighted by atomic mass is 28.3. The Morgan fingerprint density at radius 2 is 1.32 bits per heavy atom. The van der Waals surface area contributed by atoms with Gasteiger partial charge in [0.25, 0.3) is 0 Å². The van der Waals surface area contributed by atoms with Crippen LogP contribution in [0.4, 0.5) is 0 Å². The van der Waals surface area contributed by atoms with Crippen molar-refractivity contribution < 1.29 is 4.79 Å². The van der Waals surface area contributed by atoms with Crippen LogP contribution < -0.4 is 0 Å². The summed E-state index contributed by atoms with van der Waals surface area (Å²) in [4.78, 5) is 13.3. The molecule has 0 aliphatic heterocycles. The highest BCUT2D eigenvalue weighted by Crippen LogP contribution is 2.46. The Hall–Kier alpha value is -1.67. The fourth-order valence-corrected chi connectivity index (χ4v) is 5.46. The summed E-state index contributed by atoms with van der Waals surface area (Å²) in [6.45, 7) is 11.5. The maximum Gasteiger partial charge on any atom is 0.167 e. The van der Waals surface area contributed by atoms with Crippen molar-refractivity contribution in [2.24, 2.45) is 0 Å². The van der Waals surface area contributed by atoms with Crippen LogP contribution in [0.25, 0.3) is 0 Å². The molecule has 0 aliphatic rings. The molecule has 0 aromatic heterocycles. The van der Waals surface area contributed by atoms with Crippen LogP contribution in [0.3, 0.4) is 0 Å². The lowest BCUT2D eigenvalue weighted by molar-refractivity contribution is 0.0982. The molecule has 116 valence electrons. The van der Waals surface area contributed by atoms with Crippen molar-refractivity contribution in [2.45, 2.75) is 44.4 Å². The Kier molecular flexibility index (Phi) is 4.71. The summed E-state index contributed by atoms with van der Waals surface area (Å²) in [5, 5.41) is 0.151. The molecule has 22 heavy (non-hydrogen) atoms. The molecule has 0 fully saturated rings. The van der Waals surface area contributed by atoms with Crippen LogP contribution in [0.15, 0.2) is 60.7 Å². The van der Waals surface area contributed by atoms with Crippen LogP contribution in [0.5, 0.6) is 0 Å². The molecular formula is C20H26OSi. The SMILES string of the molecule is CC(C)(C)[Si](C)(C)[C@@H](C(=O)c1ccccc1)c1ccccc1. The quantitative estimate of drug-likeness (QED) is 0.523. The standard InChI is InChI=1S/C20H26OSi/c1-20(2,3)22(4,5)19(17-14-10-7-11-15-17)18(21)16-12-8-6-9-13-16/h6-15,19H,1-5H3/t19-/m1/s1. The second kappa shape index (κ2) is 6.21. The zero-order valence-electron chi connectivity index (χ0n) is 14.3. The topological polar surface area (TPSA) is 17.1 Å². The van der Waals surface area contributed by atoms with E-state index < -0.39 is 8.07 Å². The summed E-state index contributed by atoms with van der Waals surface area (Å²) in [6, 6.07) is 20.0. The van der Waals surface area contributed by atoms with Gasteiger partial charge in [-0.05, 0) is 10.6 Å². The lowest BCUT2D eigenvalue weighted by Crippen LogP contribution is -2.47. The zero-order chi connectivity index (χ0) is 16.4. The van der Waals surface area contributed by atoms with Gasteiger partial charge in [0, 0.05) is 11.1 Å². The number of hydrogen-bond donors (Lipinski definition) is 0. The molecule has 1 atom stereocenters. The first-order chi connectivity index (χ1) is 10.2. The number of carbonyl (C=O) groups excluding carboxylic acids is 1. The molecule has 0 amide bonds. The zero-order valence-corrected chi connectivity index (χ0v) is 15.3. The molecular weight excluding hydrogens is 284 g/mol. The number of rotatable bonds is 4. The number of ketones is 1. The van der Waals surface area contributed by atoms with E-state index in [-0.39, 0.29) is 16.4 Å². The monoisotopic (exact) mass is 310 g/mol. The van der Waals surface area contributed by atoms with Crippen LogP contribution in [-0.4, -0.2) is 13.9 Å². The van der Waals surface area contributed by atoms with E-state index >= 15 is 0 Å². The average molecular weight is 311 g/mol. The molecule has 2 aromatic carbocycles. The summed E-state index contributed by atoms with van der Waals surface area (Å²) in [6.07, 6.45) is 0. The average Bonchev–Trinajstić information content (AvgIpc) is 2.48. The number of Topliss-reactive ketones (excluding diaryl/α,β-unsaturated/α-hetero) is 1. The van der Waals surface area contributed by atoms with Crippen LogP contribution in [0, 0.1) is 0 Å². The smallest absolute Gasteiger partial charge is 0.167 e. The molecule has 0 saturated carbocycles. The van der Waals surface area contributed by atoms with E-state index in [9.17, 15) is 4.79 Å². The maximum atomic E-state index is 13.3. The second-order valence-electron chi connectivity index (χ2n) is 7.55. The van der Waals surface area contributed by atoms with Crippen molar-refractivity contribution in [3.8, 4) is 0 Å². The van der Waals surface area contributed by atoms with E-state index in [1.807, 2.05) is 48.5 Å². The number of carbonyl (C=O) groups is 1. The van der Waals surface area contributed by atoms with Gasteiger partial charge in [-0.15, -0.1) is 0 Å². The van der Waals surface area contributed by atoms with Gasteiger partial charge in [0.1, 0.15) is 0 Å². The summed E-state index contributed by atoms with van der Waals surface area (Å²) in [7, 11) is -1.87. The second-order valence-corrected chi connectivity index (χ2v) is 13.1. The molecule has 0 spiro atoms. The molecule has 2 aromatic rings. The van der Waals surface area contributed by atoms with Gasteiger partial charge in [0.15, 0.2) is 5.78 Å². The Bertz CT molecular complexity index is 624. The predicted molar refractivity (Wildman–Crippen MR) is 97.2 cm³/mol. The molecule has 1 nitrogen and oxygen atoms in total. The number of benzene rings is 2. The van der Waals surface area contributed by atoms with Crippen molar-refractivity contribution in [3.63, 3.8) is 0 Å². The van der Waals surface area contributed by atoms with Gasteiger partial charge in [-0.3, -0.25) is 4.79 Å². The summed E-state index contributed by atoms with van der Waals surface area (Å²) < 4.78 is 0. The van der Waals surface area contributed by atoms with Crippen LogP contribution in [-0.2, 0) is 0 Å². The summed E-state index contributed by atoms with van der Waals surface area (Å²) in [5.74, 6) is 0.262. The van der Waals surface area contributed by atoms with Gasteiger partial charge >= 0.3 is 0 Å². The van der Waals surface area contributed by atoms with Gasteiger partial charge in [-0.2, -0.15) is 0 Å². The van der Waals surface area contributed by atoms with Crippen LogP contribution in [0.2, 0.25) is 18.1 Å². The molecule has 0 saturated heterocycles. The third-order valence-electron chi connectivity index (χ3n) is 5.11. The van der Waals surface area contributed by atoms with Crippen molar-refractivity contribution in [3.05, 3.63) is 71.8 Å². The Labute approximate surface area is 135 Å². The molecule has 0 unspecified atom stereocenters.